The molecular formula is C24H23F3N2O3. The molecule has 1 aliphatic carbocycles. The maximum absolute atomic E-state index is 13.6. The lowest BCUT2D eigenvalue weighted by Crippen LogP contribution is -2.37. The Morgan fingerprint density at radius 3 is 2.47 bits per heavy atom. The van der Waals surface area contributed by atoms with Gasteiger partial charge in [-0.25, -0.2) is 18.2 Å². The molecule has 5 nitrogen and oxygen atoms in total. The van der Waals surface area contributed by atoms with E-state index in [-0.39, 0.29) is 23.3 Å². The molecule has 0 N–H and O–H groups in total. The number of nitriles is 1. The van der Waals surface area contributed by atoms with Crippen LogP contribution in [0.3, 0.4) is 0 Å². The topological polar surface area (TPSA) is 62.6 Å². The van der Waals surface area contributed by atoms with Crippen LogP contribution in [0.25, 0.3) is 0 Å². The minimum Gasteiger partial charge on any atom is -0.493 e. The second-order valence-corrected chi connectivity index (χ2v) is 8.29. The fraction of sp³-hybridized carbons (Fsp3) is 0.417. The van der Waals surface area contributed by atoms with Crippen LogP contribution in [0, 0.1) is 40.6 Å². The lowest BCUT2D eigenvalue weighted by Gasteiger charge is -2.32. The molecule has 1 atom stereocenters. The van der Waals surface area contributed by atoms with Crippen LogP contribution in [0.1, 0.15) is 49.3 Å². The standard InChI is InChI=1S/C24H23F3N2O3/c25-19-9-17(10-20(26)12-19)23-7-8-32-29(23)24(30)16-3-1-15(2-4-16)14-31-21-5-6-22(27)18(11-21)13-28/h5-6,9-12,15-16,23H,1-4,7-8,14H2/t15?,16?,23-/m0/s1. The Morgan fingerprint density at radius 2 is 1.78 bits per heavy atom. The molecule has 2 aromatic rings. The summed E-state index contributed by atoms with van der Waals surface area (Å²) in [6.07, 6.45) is 3.35. The van der Waals surface area contributed by atoms with Crippen molar-refractivity contribution in [3.63, 3.8) is 0 Å². The van der Waals surface area contributed by atoms with Crippen LogP contribution in [0.2, 0.25) is 0 Å². The van der Waals surface area contributed by atoms with Crippen molar-refractivity contribution in [3.8, 4) is 11.8 Å². The van der Waals surface area contributed by atoms with E-state index in [4.69, 9.17) is 14.8 Å². The van der Waals surface area contributed by atoms with Crippen molar-refractivity contribution in [2.75, 3.05) is 13.2 Å². The van der Waals surface area contributed by atoms with Gasteiger partial charge in [-0.05, 0) is 61.4 Å². The highest BCUT2D eigenvalue weighted by molar-refractivity contribution is 5.78. The molecule has 0 spiro atoms. The number of nitrogens with zero attached hydrogens (tertiary/aromatic N) is 2. The first kappa shape index (κ1) is 22.2. The first-order valence-corrected chi connectivity index (χ1v) is 10.7. The second kappa shape index (κ2) is 9.61. The van der Waals surface area contributed by atoms with Crippen molar-refractivity contribution >= 4 is 5.91 Å². The van der Waals surface area contributed by atoms with Gasteiger partial charge in [0.2, 0.25) is 5.91 Å². The maximum atomic E-state index is 13.6. The summed E-state index contributed by atoms with van der Waals surface area (Å²) in [7, 11) is 0. The number of benzene rings is 2. The molecule has 2 aliphatic rings. The minimum atomic E-state index is -0.678. The highest BCUT2D eigenvalue weighted by atomic mass is 19.1. The molecule has 0 unspecified atom stereocenters. The molecule has 2 aromatic carbocycles. The van der Waals surface area contributed by atoms with E-state index in [0.29, 0.717) is 43.8 Å². The summed E-state index contributed by atoms with van der Waals surface area (Å²) >= 11 is 0. The van der Waals surface area contributed by atoms with E-state index in [0.717, 1.165) is 18.9 Å². The highest BCUT2D eigenvalue weighted by Crippen LogP contribution is 2.36. The Hall–Kier alpha value is -3.05. The van der Waals surface area contributed by atoms with Gasteiger partial charge in [-0.3, -0.25) is 9.63 Å². The molecule has 2 fully saturated rings. The number of rotatable bonds is 5. The normalized spacial score (nSPS) is 23.1. The Morgan fingerprint density at radius 1 is 1.06 bits per heavy atom. The smallest absolute Gasteiger partial charge is 0.249 e. The van der Waals surface area contributed by atoms with Crippen molar-refractivity contribution in [1.29, 1.82) is 5.26 Å². The molecule has 8 heteroatoms. The second-order valence-electron chi connectivity index (χ2n) is 8.29. The van der Waals surface area contributed by atoms with Gasteiger partial charge >= 0.3 is 0 Å². The predicted molar refractivity (Wildman–Crippen MR) is 109 cm³/mol. The maximum Gasteiger partial charge on any atom is 0.249 e. The van der Waals surface area contributed by atoms with Crippen LogP contribution in [-0.2, 0) is 9.63 Å². The molecule has 0 radical (unpaired) electrons. The fourth-order valence-electron chi connectivity index (χ4n) is 4.41. The Labute approximate surface area is 184 Å². The zero-order valence-electron chi connectivity index (χ0n) is 17.4. The van der Waals surface area contributed by atoms with Gasteiger partial charge in [0.25, 0.3) is 0 Å². The van der Waals surface area contributed by atoms with Crippen LogP contribution in [0.15, 0.2) is 36.4 Å². The van der Waals surface area contributed by atoms with Gasteiger partial charge in [0.05, 0.1) is 24.8 Å². The first-order valence-electron chi connectivity index (χ1n) is 10.7. The van der Waals surface area contributed by atoms with Gasteiger partial charge in [0.15, 0.2) is 0 Å². The summed E-state index contributed by atoms with van der Waals surface area (Å²) in [5.41, 5.74) is 0.335. The zero-order valence-corrected chi connectivity index (χ0v) is 17.4. The molecule has 0 bridgehead atoms. The monoisotopic (exact) mass is 444 g/mol. The van der Waals surface area contributed by atoms with E-state index >= 15 is 0 Å². The number of amides is 1. The van der Waals surface area contributed by atoms with E-state index in [1.54, 1.807) is 6.07 Å². The SMILES string of the molecule is N#Cc1cc(OCC2CCC(C(=O)N3OCC[C@H]3c3cc(F)cc(F)c3)CC2)ccc1F. The molecule has 1 amide bonds. The van der Waals surface area contributed by atoms with Crippen molar-refractivity contribution in [1.82, 2.24) is 5.06 Å². The van der Waals surface area contributed by atoms with E-state index in [1.807, 2.05) is 0 Å². The van der Waals surface area contributed by atoms with E-state index in [1.165, 1.54) is 35.4 Å². The lowest BCUT2D eigenvalue weighted by atomic mass is 9.81. The van der Waals surface area contributed by atoms with Crippen LogP contribution in [0.5, 0.6) is 5.75 Å². The van der Waals surface area contributed by atoms with Gasteiger partial charge in [0.1, 0.15) is 29.3 Å². The summed E-state index contributed by atoms with van der Waals surface area (Å²) < 4.78 is 46.4. The number of hydrogen-bond donors (Lipinski definition) is 0. The van der Waals surface area contributed by atoms with Crippen molar-refractivity contribution in [2.45, 2.75) is 38.1 Å². The Balaban J connectivity index is 1.32. The van der Waals surface area contributed by atoms with Crippen LogP contribution in [-0.4, -0.2) is 24.2 Å². The van der Waals surface area contributed by atoms with E-state index < -0.39 is 23.5 Å². The molecule has 1 saturated heterocycles. The van der Waals surface area contributed by atoms with Gasteiger partial charge in [-0.1, -0.05) is 0 Å². The lowest BCUT2D eigenvalue weighted by molar-refractivity contribution is -0.183. The van der Waals surface area contributed by atoms with Gasteiger partial charge in [-0.15, -0.1) is 0 Å². The third kappa shape index (κ3) is 4.89. The minimum absolute atomic E-state index is 0.0600. The molecule has 1 aliphatic heterocycles. The summed E-state index contributed by atoms with van der Waals surface area (Å²) in [5.74, 6) is -1.64. The van der Waals surface area contributed by atoms with E-state index in [2.05, 4.69) is 0 Å². The molecule has 1 saturated carbocycles. The van der Waals surface area contributed by atoms with Crippen molar-refractivity contribution < 1.29 is 27.5 Å². The van der Waals surface area contributed by atoms with Gasteiger partial charge in [0, 0.05) is 24.5 Å². The van der Waals surface area contributed by atoms with Crippen molar-refractivity contribution in [3.05, 3.63) is 65.0 Å². The quantitative estimate of drug-likeness (QED) is 0.646. The third-order valence-electron chi connectivity index (χ3n) is 6.13. The van der Waals surface area contributed by atoms with Gasteiger partial charge < -0.3 is 4.74 Å². The predicted octanol–water partition coefficient (Wildman–Crippen LogP) is 5.07. The molecule has 4 rings (SSSR count). The largest absolute Gasteiger partial charge is 0.493 e. The summed E-state index contributed by atoms with van der Waals surface area (Å²) in [4.78, 5) is 18.6. The summed E-state index contributed by atoms with van der Waals surface area (Å²) in [6, 6.07) is 8.66. The molecule has 0 aromatic heterocycles. The Kier molecular flexibility index (Phi) is 6.66. The zero-order chi connectivity index (χ0) is 22.7. The average molecular weight is 444 g/mol. The van der Waals surface area contributed by atoms with Crippen molar-refractivity contribution in [2.24, 2.45) is 11.8 Å². The molecule has 1 heterocycles. The number of hydroxylamine groups is 2. The van der Waals surface area contributed by atoms with Gasteiger partial charge in [-0.2, -0.15) is 5.26 Å². The summed E-state index contributed by atoms with van der Waals surface area (Å²) in [6.45, 7) is 0.739. The molecule has 168 valence electrons. The third-order valence-corrected chi connectivity index (χ3v) is 6.13. The highest BCUT2D eigenvalue weighted by Gasteiger charge is 2.37. The van der Waals surface area contributed by atoms with Crippen LogP contribution >= 0.6 is 0 Å². The number of ether oxygens (including phenoxy) is 1. The molecule has 32 heavy (non-hydrogen) atoms. The number of carbonyl (C=O) groups excluding carboxylic acids is 1. The first-order chi connectivity index (χ1) is 15.4. The van der Waals surface area contributed by atoms with E-state index in [9.17, 15) is 18.0 Å². The average Bonchev–Trinajstić information content (AvgIpc) is 3.28. The van der Waals surface area contributed by atoms with Crippen LogP contribution in [0.4, 0.5) is 13.2 Å². The number of carbonyl (C=O) groups is 1. The molecular weight excluding hydrogens is 421 g/mol. The fourth-order valence-corrected chi connectivity index (χ4v) is 4.41. The number of hydrogen-bond acceptors (Lipinski definition) is 4. The number of halogens is 3. The summed E-state index contributed by atoms with van der Waals surface area (Å²) in [5, 5.41) is 10.2. The Bertz CT molecular complexity index is 1010. The van der Waals surface area contributed by atoms with Crippen LogP contribution < -0.4 is 4.74 Å².